The number of anilines is 2. The Kier molecular flexibility index (Phi) is 4.22. The van der Waals surface area contributed by atoms with Crippen molar-refractivity contribution in [3.05, 3.63) is 10.7 Å². The molecule has 0 fully saturated rings. The summed E-state index contributed by atoms with van der Waals surface area (Å²) in [6.45, 7) is -0.0792. The van der Waals surface area contributed by atoms with E-state index in [4.69, 9.17) is 17.3 Å². The van der Waals surface area contributed by atoms with E-state index in [-0.39, 0.29) is 29.0 Å². The lowest BCUT2D eigenvalue weighted by molar-refractivity contribution is -0.138. The van der Waals surface area contributed by atoms with Crippen LogP contribution in [0.3, 0.4) is 0 Å². The Bertz CT molecular complexity index is 452. The number of likely N-dealkylation sites (N-methyl/N-ethyl adjacent to an activating group) is 1. The third kappa shape index (κ3) is 3.04. The molecule has 0 saturated heterocycles. The Balaban J connectivity index is 3.11. The second kappa shape index (κ2) is 5.44. The van der Waals surface area contributed by atoms with Crippen LogP contribution in [0, 0.1) is 0 Å². The van der Waals surface area contributed by atoms with E-state index < -0.39 is 5.97 Å². The highest BCUT2D eigenvalue weighted by molar-refractivity contribution is 6.32. The summed E-state index contributed by atoms with van der Waals surface area (Å²) in [5.74, 6) is -0.368. The fourth-order valence-corrected chi connectivity index (χ4v) is 1.39. The van der Waals surface area contributed by atoms with Crippen molar-refractivity contribution < 1.29 is 14.3 Å². The average molecular weight is 259 g/mol. The molecule has 0 aliphatic carbocycles. The highest BCUT2D eigenvalue weighted by Gasteiger charge is 2.17. The van der Waals surface area contributed by atoms with E-state index in [0.29, 0.717) is 6.29 Å². The van der Waals surface area contributed by atoms with E-state index in [1.165, 1.54) is 12.0 Å². The minimum Gasteiger partial charge on any atom is -0.468 e. The van der Waals surface area contributed by atoms with Gasteiger partial charge in [-0.15, -0.1) is 0 Å². The van der Waals surface area contributed by atoms with Crippen LogP contribution in [-0.4, -0.2) is 42.9 Å². The van der Waals surface area contributed by atoms with Crippen LogP contribution in [0.25, 0.3) is 0 Å². The predicted octanol–water partition coefficient (Wildman–Crippen LogP) is 0.134. The number of carbonyl (C=O) groups is 2. The molecule has 0 aliphatic heterocycles. The van der Waals surface area contributed by atoms with Crippen molar-refractivity contribution in [1.29, 1.82) is 0 Å². The van der Waals surface area contributed by atoms with Gasteiger partial charge in [-0.25, -0.2) is 4.98 Å². The zero-order valence-corrected chi connectivity index (χ0v) is 10.1. The minimum atomic E-state index is -0.474. The molecule has 0 amide bonds. The molecule has 0 spiro atoms. The van der Waals surface area contributed by atoms with Crippen LogP contribution in [0.1, 0.15) is 10.4 Å². The maximum atomic E-state index is 11.1. The fourth-order valence-electron chi connectivity index (χ4n) is 1.17. The summed E-state index contributed by atoms with van der Waals surface area (Å²) in [6, 6.07) is 0. The van der Waals surface area contributed by atoms with E-state index in [2.05, 4.69) is 14.7 Å². The van der Waals surface area contributed by atoms with Gasteiger partial charge in [-0.1, -0.05) is 11.6 Å². The Hall–Kier alpha value is -1.89. The molecule has 0 unspecified atom stereocenters. The number of rotatable bonds is 4. The number of nitrogens with two attached hydrogens (primary N) is 1. The first-order valence-electron chi connectivity index (χ1n) is 4.55. The monoisotopic (exact) mass is 258 g/mol. The van der Waals surface area contributed by atoms with Crippen molar-refractivity contribution in [2.75, 3.05) is 31.3 Å². The van der Waals surface area contributed by atoms with Crippen molar-refractivity contribution in [2.45, 2.75) is 0 Å². The van der Waals surface area contributed by atoms with Gasteiger partial charge in [-0.05, 0) is 0 Å². The Morgan fingerprint density at radius 3 is 2.76 bits per heavy atom. The van der Waals surface area contributed by atoms with E-state index >= 15 is 0 Å². The lowest BCUT2D eigenvalue weighted by atomic mass is 10.3. The molecule has 0 aromatic carbocycles. The zero-order valence-electron chi connectivity index (χ0n) is 9.31. The van der Waals surface area contributed by atoms with Gasteiger partial charge in [0.2, 0.25) is 5.95 Å². The number of hydrogen-bond acceptors (Lipinski definition) is 7. The molecule has 0 aliphatic rings. The molecule has 0 radical (unpaired) electrons. The summed E-state index contributed by atoms with van der Waals surface area (Å²) in [6.07, 6.45) is 0.505. The molecule has 7 nitrogen and oxygen atoms in total. The molecule has 8 heteroatoms. The lowest BCUT2D eigenvalue weighted by Gasteiger charge is -2.18. The molecule has 17 heavy (non-hydrogen) atoms. The van der Waals surface area contributed by atoms with Crippen LogP contribution >= 0.6 is 11.6 Å². The minimum absolute atomic E-state index is 0.0563. The van der Waals surface area contributed by atoms with Gasteiger partial charge in [-0.3, -0.25) is 9.59 Å². The number of nitrogen functional groups attached to an aromatic ring is 1. The Labute approximate surface area is 103 Å². The zero-order chi connectivity index (χ0) is 13.0. The molecule has 1 aromatic rings. The smallest absolute Gasteiger partial charge is 0.325 e. The molecule has 1 heterocycles. The van der Waals surface area contributed by atoms with Gasteiger partial charge in [0.15, 0.2) is 6.29 Å². The summed E-state index contributed by atoms with van der Waals surface area (Å²) < 4.78 is 4.50. The Morgan fingerprint density at radius 2 is 2.24 bits per heavy atom. The van der Waals surface area contributed by atoms with Crippen LogP contribution in [-0.2, 0) is 9.53 Å². The number of nitrogens with zero attached hydrogens (tertiary/aromatic N) is 3. The highest BCUT2D eigenvalue weighted by atomic mass is 35.5. The third-order valence-corrected chi connectivity index (χ3v) is 2.26. The number of methoxy groups -OCH3 is 1. The van der Waals surface area contributed by atoms with Gasteiger partial charge in [0.05, 0.1) is 12.7 Å². The van der Waals surface area contributed by atoms with Gasteiger partial charge in [-0.2, -0.15) is 4.98 Å². The summed E-state index contributed by atoms with van der Waals surface area (Å²) in [7, 11) is 2.82. The van der Waals surface area contributed by atoms with Gasteiger partial charge in [0.1, 0.15) is 17.5 Å². The summed E-state index contributed by atoms with van der Waals surface area (Å²) in [5.41, 5.74) is 5.49. The third-order valence-electron chi connectivity index (χ3n) is 1.97. The number of esters is 1. The van der Waals surface area contributed by atoms with Gasteiger partial charge in [0, 0.05) is 7.05 Å². The van der Waals surface area contributed by atoms with Crippen LogP contribution in [0.4, 0.5) is 11.8 Å². The number of hydrogen-bond donors (Lipinski definition) is 1. The molecule has 0 bridgehead atoms. The van der Waals surface area contributed by atoms with Crippen LogP contribution < -0.4 is 10.6 Å². The van der Waals surface area contributed by atoms with Crippen molar-refractivity contribution in [3.63, 3.8) is 0 Å². The number of carbonyl (C=O) groups excluding carboxylic acids is 2. The molecule has 1 aromatic heterocycles. The first-order valence-corrected chi connectivity index (χ1v) is 4.93. The van der Waals surface area contributed by atoms with Crippen LogP contribution in [0.5, 0.6) is 0 Å². The second-order valence-corrected chi connectivity index (χ2v) is 3.52. The number of aromatic nitrogens is 2. The molecule has 2 N–H and O–H groups in total. The van der Waals surface area contributed by atoms with Crippen molar-refractivity contribution in [2.24, 2.45) is 0 Å². The quantitative estimate of drug-likeness (QED) is 0.466. The molecule has 0 atom stereocenters. The van der Waals surface area contributed by atoms with Crippen molar-refractivity contribution in [3.8, 4) is 0 Å². The predicted molar refractivity (Wildman–Crippen MR) is 62.1 cm³/mol. The molecular weight excluding hydrogens is 248 g/mol. The molecular formula is C9H11ClN4O3. The first kappa shape index (κ1) is 13.2. The lowest BCUT2D eigenvalue weighted by Crippen LogP contribution is -2.28. The normalized spacial score (nSPS) is 9.82. The summed E-state index contributed by atoms with van der Waals surface area (Å²) in [4.78, 5) is 30.9. The average Bonchev–Trinajstić information content (AvgIpc) is 2.27. The summed E-state index contributed by atoms with van der Waals surface area (Å²) in [5, 5.41) is -0.0563. The van der Waals surface area contributed by atoms with Crippen LogP contribution in [0.15, 0.2) is 0 Å². The largest absolute Gasteiger partial charge is 0.468 e. The second-order valence-electron chi connectivity index (χ2n) is 3.16. The van der Waals surface area contributed by atoms with Crippen molar-refractivity contribution >= 4 is 35.6 Å². The summed E-state index contributed by atoms with van der Waals surface area (Å²) >= 11 is 5.74. The van der Waals surface area contributed by atoms with Gasteiger partial charge >= 0.3 is 5.97 Å². The van der Waals surface area contributed by atoms with E-state index in [0.717, 1.165) is 0 Å². The molecule has 0 saturated carbocycles. The maximum Gasteiger partial charge on any atom is 0.325 e. The number of aldehydes is 1. The Morgan fingerprint density at radius 1 is 1.59 bits per heavy atom. The van der Waals surface area contributed by atoms with Crippen LogP contribution in [0.2, 0.25) is 5.15 Å². The van der Waals surface area contributed by atoms with Gasteiger partial charge in [0.25, 0.3) is 0 Å². The standard InChI is InChI=1S/C9H11ClN4O3/c1-14(3-6(16)17-2)8-5(4-15)7(10)12-9(11)13-8/h4H,3H2,1-2H3,(H2,11,12,13). The fraction of sp³-hybridized carbons (Fsp3) is 0.333. The highest BCUT2D eigenvalue weighted by Crippen LogP contribution is 2.22. The number of ether oxygens (including phenoxy) is 1. The van der Waals surface area contributed by atoms with E-state index in [9.17, 15) is 9.59 Å². The van der Waals surface area contributed by atoms with Gasteiger partial charge < -0.3 is 15.4 Å². The topological polar surface area (TPSA) is 98.4 Å². The molecule has 1 rings (SSSR count). The van der Waals surface area contributed by atoms with Crippen molar-refractivity contribution in [1.82, 2.24) is 9.97 Å². The first-order chi connectivity index (χ1) is 7.99. The van der Waals surface area contributed by atoms with E-state index in [1.54, 1.807) is 7.05 Å². The number of halogens is 1. The van der Waals surface area contributed by atoms with E-state index in [1.807, 2.05) is 0 Å². The maximum absolute atomic E-state index is 11.1. The molecule has 92 valence electrons. The SMILES string of the molecule is COC(=O)CN(C)c1nc(N)nc(Cl)c1C=O.